The third kappa shape index (κ3) is 4.92. The van der Waals surface area contributed by atoms with E-state index in [2.05, 4.69) is 5.32 Å². The average molecular weight is 432 g/mol. The lowest BCUT2D eigenvalue weighted by molar-refractivity contribution is 0.102. The molecule has 3 N–H and O–H groups in total. The minimum absolute atomic E-state index is 0.286. The number of halogens is 2. The molecule has 0 bridgehead atoms. The molecule has 0 atom stereocenters. The summed E-state index contributed by atoms with van der Waals surface area (Å²) in [5.41, 5.74) is 8.99. The molecule has 0 heterocycles. The SMILES string of the molecule is Nc1ccc(-c2ccc(F)cc2)cc1NC(=O)c1ccc(Sc2ccccc2F)cc1. The first-order valence-electron chi connectivity index (χ1n) is 9.49. The Balaban J connectivity index is 1.49. The maximum Gasteiger partial charge on any atom is 0.255 e. The number of anilines is 2. The lowest BCUT2D eigenvalue weighted by Crippen LogP contribution is -2.13. The first-order valence-corrected chi connectivity index (χ1v) is 10.3. The monoisotopic (exact) mass is 432 g/mol. The molecule has 0 aliphatic carbocycles. The van der Waals surface area contributed by atoms with Gasteiger partial charge >= 0.3 is 0 Å². The van der Waals surface area contributed by atoms with Crippen molar-refractivity contribution in [1.82, 2.24) is 0 Å². The van der Waals surface area contributed by atoms with Gasteiger partial charge < -0.3 is 11.1 Å². The maximum atomic E-state index is 13.8. The Labute approximate surface area is 182 Å². The first-order chi connectivity index (χ1) is 15.0. The van der Waals surface area contributed by atoms with E-state index in [0.717, 1.165) is 16.0 Å². The Morgan fingerprint density at radius 3 is 2.19 bits per heavy atom. The van der Waals surface area contributed by atoms with Gasteiger partial charge in [-0.2, -0.15) is 0 Å². The van der Waals surface area contributed by atoms with Crippen LogP contribution in [0.2, 0.25) is 0 Å². The second kappa shape index (κ2) is 9.02. The fourth-order valence-corrected chi connectivity index (χ4v) is 3.85. The van der Waals surface area contributed by atoms with Gasteiger partial charge in [-0.05, 0) is 71.8 Å². The van der Waals surface area contributed by atoms with Gasteiger partial charge in [0.1, 0.15) is 11.6 Å². The number of carbonyl (C=O) groups excluding carboxylic acids is 1. The molecule has 0 fully saturated rings. The van der Waals surface area contributed by atoms with E-state index >= 15 is 0 Å². The molecule has 0 unspecified atom stereocenters. The number of nitrogens with one attached hydrogen (secondary N) is 1. The second-order valence-corrected chi connectivity index (χ2v) is 7.94. The Morgan fingerprint density at radius 1 is 0.806 bits per heavy atom. The molecule has 0 spiro atoms. The van der Waals surface area contributed by atoms with Crippen molar-refractivity contribution in [2.24, 2.45) is 0 Å². The summed E-state index contributed by atoms with van der Waals surface area (Å²) in [7, 11) is 0. The molecule has 6 heteroatoms. The van der Waals surface area contributed by atoms with Crippen molar-refractivity contribution < 1.29 is 13.6 Å². The smallest absolute Gasteiger partial charge is 0.255 e. The third-order valence-corrected chi connectivity index (χ3v) is 5.72. The minimum atomic E-state index is -0.315. The van der Waals surface area contributed by atoms with Crippen LogP contribution < -0.4 is 11.1 Å². The fourth-order valence-electron chi connectivity index (χ4n) is 3.01. The molecule has 4 aromatic carbocycles. The van der Waals surface area contributed by atoms with Gasteiger partial charge in [-0.25, -0.2) is 8.78 Å². The number of amides is 1. The topological polar surface area (TPSA) is 55.1 Å². The zero-order valence-electron chi connectivity index (χ0n) is 16.3. The van der Waals surface area contributed by atoms with Crippen molar-refractivity contribution in [2.45, 2.75) is 9.79 Å². The van der Waals surface area contributed by atoms with Crippen molar-refractivity contribution in [1.29, 1.82) is 0 Å². The van der Waals surface area contributed by atoms with Crippen LogP contribution in [-0.2, 0) is 0 Å². The number of benzene rings is 4. The average Bonchev–Trinajstić information content (AvgIpc) is 2.78. The van der Waals surface area contributed by atoms with Crippen LogP contribution in [0.4, 0.5) is 20.2 Å². The minimum Gasteiger partial charge on any atom is -0.397 e. The molecule has 0 aliphatic rings. The molecule has 4 rings (SSSR count). The lowest BCUT2D eigenvalue weighted by Gasteiger charge is -2.11. The highest BCUT2D eigenvalue weighted by Gasteiger charge is 2.11. The van der Waals surface area contributed by atoms with Gasteiger partial charge in [-0.15, -0.1) is 0 Å². The molecule has 0 radical (unpaired) electrons. The molecule has 0 saturated heterocycles. The number of rotatable bonds is 5. The van der Waals surface area contributed by atoms with E-state index in [1.165, 1.54) is 30.0 Å². The summed E-state index contributed by atoms with van der Waals surface area (Å²) in [4.78, 5) is 14.0. The summed E-state index contributed by atoms with van der Waals surface area (Å²) in [5, 5.41) is 2.82. The molecule has 1 amide bonds. The standard InChI is InChI=1S/C25H18F2N2OS/c26-19-10-5-16(6-11-19)18-9-14-22(28)23(15-18)29-25(30)17-7-12-20(13-8-17)31-24-4-2-1-3-21(24)27/h1-15H,28H2,(H,29,30). The van der Waals surface area contributed by atoms with Crippen molar-refractivity contribution in [3.8, 4) is 11.1 Å². The van der Waals surface area contributed by atoms with Crippen LogP contribution in [0.25, 0.3) is 11.1 Å². The summed E-state index contributed by atoms with van der Waals surface area (Å²) in [5.74, 6) is -0.916. The van der Waals surface area contributed by atoms with E-state index < -0.39 is 0 Å². The van der Waals surface area contributed by atoms with Gasteiger partial charge in [0.25, 0.3) is 5.91 Å². The highest BCUT2D eigenvalue weighted by molar-refractivity contribution is 7.99. The van der Waals surface area contributed by atoms with Crippen LogP contribution in [0.3, 0.4) is 0 Å². The van der Waals surface area contributed by atoms with Crippen molar-refractivity contribution in [3.63, 3.8) is 0 Å². The lowest BCUT2D eigenvalue weighted by atomic mass is 10.0. The zero-order chi connectivity index (χ0) is 21.8. The van der Waals surface area contributed by atoms with Crippen LogP contribution in [0.1, 0.15) is 10.4 Å². The molecular weight excluding hydrogens is 414 g/mol. The number of carbonyl (C=O) groups is 1. The van der Waals surface area contributed by atoms with Crippen LogP contribution in [-0.4, -0.2) is 5.91 Å². The summed E-state index contributed by atoms with van der Waals surface area (Å²) < 4.78 is 27.0. The summed E-state index contributed by atoms with van der Waals surface area (Å²) in [6.07, 6.45) is 0. The van der Waals surface area contributed by atoms with Crippen molar-refractivity contribution >= 4 is 29.0 Å². The Bertz CT molecular complexity index is 1230. The van der Waals surface area contributed by atoms with Crippen LogP contribution in [0.5, 0.6) is 0 Å². The largest absolute Gasteiger partial charge is 0.397 e. The Hall–Kier alpha value is -3.64. The Kier molecular flexibility index (Phi) is 6.00. The highest BCUT2D eigenvalue weighted by atomic mass is 32.2. The van der Waals surface area contributed by atoms with E-state index in [0.29, 0.717) is 21.8 Å². The number of nitrogens with two attached hydrogens (primary N) is 1. The second-order valence-electron chi connectivity index (χ2n) is 6.82. The zero-order valence-corrected chi connectivity index (χ0v) is 17.1. The van der Waals surface area contributed by atoms with Gasteiger partial charge in [0, 0.05) is 15.4 Å². The number of hydrogen-bond donors (Lipinski definition) is 2. The quantitative estimate of drug-likeness (QED) is 0.349. The molecule has 3 nitrogen and oxygen atoms in total. The predicted octanol–water partition coefficient (Wildman–Crippen LogP) is 6.62. The molecule has 0 aliphatic heterocycles. The molecular formula is C25H18F2N2OS. The normalized spacial score (nSPS) is 10.6. The van der Waals surface area contributed by atoms with E-state index in [1.807, 2.05) is 6.07 Å². The van der Waals surface area contributed by atoms with Crippen LogP contribution >= 0.6 is 11.8 Å². The van der Waals surface area contributed by atoms with Gasteiger partial charge in [-0.1, -0.05) is 42.1 Å². The van der Waals surface area contributed by atoms with Crippen LogP contribution in [0.15, 0.2) is 101 Å². The highest BCUT2D eigenvalue weighted by Crippen LogP contribution is 2.30. The summed E-state index contributed by atoms with van der Waals surface area (Å²) in [6, 6.07) is 24.8. The summed E-state index contributed by atoms with van der Waals surface area (Å²) in [6.45, 7) is 0. The number of hydrogen-bond acceptors (Lipinski definition) is 3. The molecule has 0 saturated carbocycles. The predicted molar refractivity (Wildman–Crippen MR) is 121 cm³/mol. The van der Waals surface area contributed by atoms with E-state index in [4.69, 9.17) is 5.73 Å². The van der Waals surface area contributed by atoms with Gasteiger partial charge in [0.2, 0.25) is 0 Å². The van der Waals surface area contributed by atoms with Crippen molar-refractivity contribution in [2.75, 3.05) is 11.1 Å². The third-order valence-electron chi connectivity index (χ3n) is 4.66. The van der Waals surface area contributed by atoms with Gasteiger partial charge in [-0.3, -0.25) is 4.79 Å². The fraction of sp³-hybridized carbons (Fsp3) is 0. The molecule has 31 heavy (non-hydrogen) atoms. The van der Waals surface area contributed by atoms with Crippen LogP contribution in [0, 0.1) is 11.6 Å². The summed E-state index contributed by atoms with van der Waals surface area (Å²) >= 11 is 1.29. The maximum absolute atomic E-state index is 13.8. The molecule has 154 valence electrons. The molecule has 4 aromatic rings. The Morgan fingerprint density at radius 2 is 1.48 bits per heavy atom. The van der Waals surface area contributed by atoms with Gasteiger partial charge in [0.15, 0.2) is 0 Å². The molecule has 0 aromatic heterocycles. The first kappa shape index (κ1) is 20.6. The number of nitrogen functional groups attached to an aromatic ring is 1. The van der Waals surface area contributed by atoms with Crippen molar-refractivity contribution in [3.05, 3.63) is 108 Å². The van der Waals surface area contributed by atoms with Gasteiger partial charge in [0.05, 0.1) is 11.4 Å². The van der Waals surface area contributed by atoms with E-state index in [9.17, 15) is 13.6 Å². The van der Waals surface area contributed by atoms with E-state index in [-0.39, 0.29) is 17.5 Å². The van der Waals surface area contributed by atoms with E-state index in [1.54, 1.807) is 66.7 Å².